The Bertz CT molecular complexity index is 677. The second-order valence-electron chi connectivity index (χ2n) is 5.11. The number of nitrogens with zero attached hydrogens (tertiary/aromatic N) is 2. The molecule has 2 aliphatic rings. The van der Waals surface area contributed by atoms with E-state index >= 15 is 0 Å². The van der Waals surface area contributed by atoms with Crippen LogP contribution in [0.4, 0.5) is 4.79 Å². The first-order valence-electron chi connectivity index (χ1n) is 6.45. The first-order chi connectivity index (χ1) is 9.89. The predicted molar refractivity (Wildman–Crippen MR) is 78.4 cm³/mol. The van der Waals surface area contributed by atoms with Gasteiger partial charge in [0.05, 0.1) is 16.7 Å². The van der Waals surface area contributed by atoms with Gasteiger partial charge in [-0.15, -0.1) is 0 Å². The summed E-state index contributed by atoms with van der Waals surface area (Å²) in [6.07, 6.45) is 0. The first-order valence-corrected chi connectivity index (χ1v) is 8.88. The van der Waals surface area contributed by atoms with Crippen molar-refractivity contribution in [3.05, 3.63) is 29.8 Å². The fourth-order valence-electron chi connectivity index (χ4n) is 2.35. The van der Waals surface area contributed by atoms with Crippen molar-refractivity contribution >= 4 is 32.9 Å². The number of aryl methyl sites for hydroxylation is 1. The molecule has 0 spiro atoms. The topological polar surface area (TPSA) is 74.8 Å². The minimum atomic E-state index is -3.54. The second-order valence-corrected chi connectivity index (χ2v) is 7.97. The molecule has 8 heteroatoms. The van der Waals surface area contributed by atoms with Crippen molar-refractivity contribution in [2.24, 2.45) is 0 Å². The van der Waals surface area contributed by atoms with E-state index in [1.54, 1.807) is 24.3 Å². The highest BCUT2D eigenvalue weighted by atomic mass is 32.2. The van der Waals surface area contributed by atoms with Crippen LogP contribution < -0.4 is 0 Å². The van der Waals surface area contributed by atoms with Crippen LogP contribution in [0.5, 0.6) is 0 Å². The van der Waals surface area contributed by atoms with E-state index in [0.717, 1.165) is 17.3 Å². The van der Waals surface area contributed by atoms with Gasteiger partial charge in [0.2, 0.25) is 15.9 Å². The Hall–Kier alpha value is -1.38. The molecular formula is C13H14N2O4S2. The van der Waals surface area contributed by atoms with Crippen LogP contribution >= 0.6 is 11.8 Å². The Kier molecular flexibility index (Phi) is 3.54. The number of amides is 2. The van der Waals surface area contributed by atoms with Gasteiger partial charge in [0.1, 0.15) is 0 Å². The predicted octanol–water partition coefficient (Wildman–Crippen LogP) is 1.06. The maximum atomic E-state index is 12.4. The number of sulfonamides is 1. The molecule has 0 aliphatic carbocycles. The van der Waals surface area contributed by atoms with E-state index in [2.05, 4.69) is 0 Å². The zero-order valence-electron chi connectivity index (χ0n) is 11.4. The third-order valence-corrected chi connectivity index (χ3v) is 6.32. The SMILES string of the molecule is Cc1ccc(S(=O)(=O)N2CC(N3C(=O)CSC3=O)C2)cc1. The van der Waals surface area contributed by atoms with Crippen molar-refractivity contribution in [1.29, 1.82) is 0 Å². The third kappa shape index (κ3) is 2.47. The van der Waals surface area contributed by atoms with Crippen LogP contribution in [0.25, 0.3) is 0 Å². The Morgan fingerprint density at radius 1 is 1.14 bits per heavy atom. The van der Waals surface area contributed by atoms with Gasteiger partial charge in [-0.05, 0) is 19.1 Å². The van der Waals surface area contributed by atoms with Crippen LogP contribution in [0.1, 0.15) is 5.56 Å². The summed E-state index contributed by atoms with van der Waals surface area (Å²) in [5.74, 6) is -0.0811. The summed E-state index contributed by atoms with van der Waals surface area (Å²) in [5.41, 5.74) is 0.987. The molecule has 0 bridgehead atoms. The highest BCUT2D eigenvalue weighted by molar-refractivity contribution is 8.14. The van der Waals surface area contributed by atoms with Gasteiger partial charge >= 0.3 is 0 Å². The van der Waals surface area contributed by atoms with Gasteiger partial charge in [-0.3, -0.25) is 14.5 Å². The smallest absolute Gasteiger partial charge is 0.273 e. The quantitative estimate of drug-likeness (QED) is 0.830. The van der Waals surface area contributed by atoms with Gasteiger partial charge in [0.25, 0.3) is 5.24 Å². The van der Waals surface area contributed by atoms with Crippen molar-refractivity contribution in [2.45, 2.75) is 17.9 Å². The molecular weight excluding hydrogens is 312 g/mol. The van der Waals surface area contributed by atoms with E-state index in [1.807, 2.05) is 6.92 Å². The summed E-state index contributed by atoms with van der Waals surface area (Å²) in [7, 11) is -3.54. The van der Waals surface area contributed by atoms with Crippen LogP contribution in [-0.4, -0.2) is 53.7 Å². The zero-order chi connectivity index (χ0) is 15.2. The van der Waals surface area contributed by atoms with Crippen LogP contribution in [-0.2, 0) is 14.8 Å². The number of carbonyl (C=O) groups excluding carboxylic acids is 2. The molecule has 2 aliphatic heterocycles. The molecule has 2 heterocycles. The molecule has 21 heavy (non-hydrogen) atoms. The van der Waals surface area contributed by atoms with Crippen molar-refractivity contribution < 1.29 is 18.0 Å². The molecule has 0 saturated carbocycles. The van der Waals surface area contributed by atoms with Crippen molar-refractivity contribution in [1.82, 2.24) is 9.21 Å². The van der Waals surface area contributed by atoms with Gasteiger partial charge < -0.3 is 0 Å². The summed E-state index contributed by atoms with van der Waals surface area (Å²) in [4.78, 5) is 24.6. The third-order valence-electron chi connectivity index (χ3n) is 3.64. The highest BCUT2D eigenvalue weighted by Crippen LogP contribution is 2.29. The maximum Gasteiger partial charge on any atom is 0.289 e. The molecule has 2 fully saturated rings. The monoisotopic (exact) mass is 326 g/mol. The van der Waals surface area contributed by atoms with Gasteiger partial charge in [0, 0.05) is 13.1 Å². The summed E-state index contributed by atoms with van der Waals surface area (Å²) < 4.78 is 26.1. The van der Waals surface area contributed by atoms with Gasteiger partial charge in [-0.25, -0.2) is 8.42 Å². The summed E-state index contributed by atoms with van der Waals surface area (Å²) in [6.45, 7) is 2.24. The lowest BCUT2D eigenvalue weighted by Gasteiger charge is -2.41. The Labute approximate surface area is 127 Å². The van der Waals surface area contributed by atoms with Crippen LogP contribution in [0.2, 0.25) is 0 Å². The van der Waals surface area contributed by atoms with Crippen molar-refractivity contribution in [2.75, 3.05) is 18.8 Å². The van der Waals surface area contributed by atoms with E-state index in [-0.39, 0.29) is 40.9 Å². The lowest BCUT2D eigenvalue weighted by Crippen LogP contribution is -2.61. The summed E-state index contributed by atoms with van der Waals surface area (Å²) in [6, 6.07) is 6.29. The van der Waals surface area contributed by atoms with Crippen LogP contribution in [0.15, 0.2) is 29.2 Å². The Morgan fingerprint density at radius 2 is 1.76 bits per heavy atom. The number of carbonyl (C=O) groups is 2. The molecule has 2 amide bonds. The van der Waals surface area contributed by atoms with E-state index in [9.17, 15) is 18.0 Å². The molecule has 0 aromatic heterocycles. The minimum absolute atomic E-state index is 0.153. The standard InChI is InChI=1S/C13H14N2O4S2/c1-9-2-4-11(5-3-9)21(18,19)14-6-10(7-14)15-12(16)8-20-13(15)17/h2-5,10H,6-8H2,1H3. The zero-order valence-corrected chi connectivity index (χ0v) is 13.0. The second kappa shape index (κ2) is 5.11. The molecule has 6 nitrogen and oxygen atoms in total. The van der Waals surface area contributed by atoms with Gasteiger partial charge in [0.15, 0.2) is 0 Å². The van der Waals surface area contributed by atoms with E-state index in [0.29, 0.717) is 0 Å². The van der Waals surface area contributed by atoms with E-state index in [4.69, 9.17) is 0 Å². The molecule has 3 rings (SSSR count). The number of hydrogen-bond donors (Lipinski definition) is 0. The van der Waals surface area contributed by atoms with Crippen LogP contribution in [0, 0.1) is 6.92 Å². The lowest BCUT2D eigenvalue weighted by molar-refractivity contribution is -0.127. The number of rotatable bonds is 3. The van der Waals surface area contributed by atoms with E-state index in [1.165, 1.54) is 9.21 Å². The van der Waals surface area contributed by atoms with Gasteiger partial charge in [-0.1, -0.05) is 29.5 Å². The largest absolute Gasteiger partial charge is 0.289 e. The fourth-order valence-corrected chi connectivity index (χ4v) is 4.64. The summed E-state index contributed by atoms with van der Waals surface area (Å²) >= 11 is 0.967. The fraction of sp³-hybridized carbons (Fsp3) is 0.385. The van der Waals surface area contributed by atoms with Gasteiger partial charge in [-0.2, -0.15) is 4.31 Å². The molecule has 1 aromatic carbocycles. The van der Waals surface area contributed by atoms with E-state index < -0.39 is 10.0 Å². The number of imide groups is 1. The number of thioether (sulfide) groups is 1. The average Bonchev–Trinajstić information content (AvgIpc) is 2.69. The van der Waals surface area contributed by atoms with Crippen molar-refractivity contribution in [3.63, 3.8) is 0 Å². The molecule has 0 radical (unpaired) electrons. The average molecular weight is 326 g/mol. The Balaban J connectivity index is 1.72. The molecule has 112 valence electrons. The van der Waals surface area contributed by atoms with Crippen molar-refractivity contribution in [3.8, 4) is 0 Å². The first kappa shape index (κ1) is 14.6. The number of hydrogen-bond acceptors (Lipinski definition) is 5. The molecule has 0 unspecified atom stereocenters. The summed E-state index contributed by atoms with van der Waals surface area (Å²) in [5, 5.41) is -0.280. The van der Waals surface area contributed by atoms with Crippen LogP contribution in [0.3, 0.4) is 0 Å². The number of benzene rings is 1. The highest BCUT2D eigenvalue weighted by Gasteiger charge is 2.45. The molecule has 0 atom stereocenters. The lowest BCUT2D eigenvalue weighted by atomic mass is 10.1. The normalized spacial score (nSPS) is 20.9. The molecule has 1 aromatic rings. The maximum absolute atomic E-state index is 12.4. The molecule has 0 N–H and O–H groups in total. The minimum Gasteiger partial charge on any atom is -0.273 e. The molecule has 2 saturated heterocycles. The Morgan fingerprint density at radius 3 is 2.29 bits per heavy atom.